The standard InChI is InChI=1S/C21H17F2N5O2/c22-21(23)9-11-27(20(29)16-12-28-18(25-16)6-3-10-24-28)13-17(21)30-19-8-7-14-4-1-2-5-15(14)26-19/h1-8,10,12,17H,9,11,13H2. The first-order valence-corrected chi connectivity index (χ1v) is 9.49. The quantitative estimate of drug-likeness (QED) is 0.520. The molecule has 1 atom stereocenters. The number of piperidine rings is 1. The number of nitrogens with zero attached hydrogens (tertiary/aromatic N) is 5. The van der Waals surface area contributed by atoms with Gasteiger partial charge in [-0.05, 0) is 24.3 Å². The summed E-state index contributed by atoms with van der Waals surface area (Å²) in [5.41, 5.74) is 1.32. The molecule has 1 aromatic carbocycles. The maximum atomic E-state index is 14.6. The van der Waals surface area contributed by atoms with Crippen molar-refractivity contribution in [2.45, 2.75) is 18.4 Å². The number of alkyl halides is 2. The van der Waals surface area contributed by atoms with Crippen LogP contribution in [0.1, 0.15) is 16.9 Å². The molecule has 152 valence electrons. The number of likely N-dealkylation sites (tertiary alicyclic amines) is 1. The summed E-state index contributed by atoms with van der Waals surface area (Å²) in [6.45, 7) is -0.347. The van der Waals surface area contributed by atoms with Crippen molar-refractivity contribution in [2.75, 3.05) is 13.1 Å². The molecule has 0 radical (unpaired) electrons. The van der Waals surface area contributed by atoms with Gasteiger partial charge in [-0.2, -0.15) is 5.10 Å². The van der Waals surface area contributed by atoms with E-state index in [1.54, 1.807) is 36.5 Å². The summed E-state index contributed by atoms with van der Waals surface area (Å²) in [6.07, 6.45) is 1.07. The second-order valence-corrected chi connectivity index (χ2v) is 7.16. The van der Waals surface area contributed by atoms with Crippen molar-refractivity contribution in [3.63, 3.8) is 0 Å². The minimum atomic E-state index is -3.08. The molecule has 3 aromatic heterocycles. The second kappa shape index (κ2) is 7.01. The molecule has 0 bridgehead atoms. The Morgan fingerprint density at radius 1 is 1.10 bits per heavy atom. The third kappa shape index (κ3) is 3.32. The molecule has 4 heterocycles. The first-order valence-electron chi connectivity index (χ1n) is 9.49. The Morgan fingerprint density at radius 2 is 1.97 bits per heavy atom. The number of imidazole rings is 1. The Labute approximate surface area is 169 Å². The highest BCUT2D eigenvalue weighted by Crippen LogP contribution is 2.32. The molecule has 0 N–H and O–H groups in total. The number of rotatable bonds is 3. The van der Waals surface area contributed by atoms with Crippen molar-refractivity contribution < 1.29 is 18.3 Å². The van der Waals surface area contributed by atoms with Gasteiger partial charge in [-0.1, -0.05) is 18.2 Å². The maximum Gasteiger partial charge on any atom is 0.287 e. The third-order valence-electron chi connectivity index (χ3n) is 5.15. The van der Waals surface area contributed by atoms with Gasteiger partial charge in [-0.3, -0.25) is 4.79 Å². The smallest absolute Gasteiger partial charge is 0.287 e. The lowest BCUT2D eigenvalue weighted by Gasteiger charge is -2.37. The molecule has 9 heteroatoms. The van der Waals surface area contributed by atoms with E-state index in [4.69, 9.17) is 4.74 Å². The van der Waals surface area contributed by atoms with Crippen molar-refractivity contribution in [2.24, 2.45) is 0 Å². The van der Waals surface area contributed by atoms with Gasteiger partial charge < -0.3 is 9.64 Å². The van der Waals surface area contributed by atoms with Crippen LogP contribution in [-0.4, -0.2) is 55.5 Å². The molecule has 1 aliphatic rings. The van der Waals surface area contributed by atoms with Crippen LogP contribution in [-0.2, 0) is 0 Å². The Morgan fingerprint density at radius 3 is 2.83 bits per heavy atom. The Balaban J connectivity index is 1.38. The molecule has 4 aromatic rings. The number of pyridine rings is 1. The fourth-order valence-electron chi connectivity index (χ4n) is 3.53. The number of benzene rings is 1. The Kier molecular flexibility index (Phi) is 4.30. The molecule has 7 nitrogen and oxygen atoms in total. The normalized spacial score (nSPS) is 18.6. The first kappa shape index (κ1) is 18.4. The summed E-state index contributed by atoms with van der Waals surface area (Å²) in [5, 5.41) is 4.97. The first-order chi connectivity index (χ1) is 14.5. The van der Waals surface area contributed by atoms with Crippen LogP contribution in [0.4, 0.5) is 8.78 Å². The fourth-order valence-corrected chi connectivity index (χ4v) is 3.53. The van der Waals surface area contributed by atoms with E-state index in [2.05, 4.69) is 15.1 Å². The molecule has 1 fully saturated rings. The van der Waals surface area contributed by atoms with Gasteiger partial charge in [-0.25, -0.2) is 23.3 Å². The molecule has 1 saturated heterocycles. The van der Waals surface area contributed by atoms with Gasteiger partial charge in [0.25, 0.3) is 11.8 Å². The number of halogens is 2. The van der Waals surface area contributed by atoms with Gasteiger partial charge in [0.05, 0.1) is 18.3 Å². The topological polar surface area (TPSA) is 72.6 Å². The summed E-state index contributed by atoms with van der Waals surface area (Å²) in [6, 6.07) is 14.1. The summed E-state index contributed by atoms with van der Waals surface area (Å²) in [5.74, 6) is -3.41. The zero-order chi connectivity index (χ0) is 20.7. The van der Waals surface area contributed by atoms with Crippen molar-refractivity contribution in [3.8, 4) is 5.88 Å². The largest absolute Gasteiger partial charge is 0.466 e. The monoisotopic (exact) mass is 409 g/mol. The molecular formula is C21H17F2N5O2. The van der Waals surface area contributed by atoms with Gasteiger partial charge in [0, 0.05) is 30.6 Å². The molecule has 1 aliphatic heterocycles. The predicted molar refractivity (Wildman–Crippen MR) is 105 cm³/mol. The van der Waals surface area contributed by atoms with Crippen LogP contribution in [0, 0.1) is 0 Å². The lowest BCUT2D eigenvalue weighted by Crippen LogP contribution is -2.55. The van der Waals surface area contributed by atoms with E-state index in [-0.39, 0.29) is 24.7 Å². The zero-order valence-electron chi connectivity index (χ0n) is 15.8. The van der Waals surface area contributed by atoms with Crippen LogP contribution in [0.3, 0.4) is 0 Å². The van der Waals surface area contributed by atoms with Crippen LogP contribution in [0.5, 0.6) is 5.88 Å². The van der Waals surface area contributed by atoms with Crippen molar-refractivity contribution >= 4 is 22.5 Å². The number of carbonyl (C=O) groups is 1. The van der Waals surface area contributed by atoms with Gasteiger partial charge in [0.2, 0.25) is 5.88 Å². The van der Waals surface area contributed by atoms with E-state index in [0.717, 1.165) is 5.39 Å². The Hall–Kier alpha value is -3.62. The lowest BCUT2D eigenvalue weighted by molar-refractivity contribution is -0.131. The van der Waals surface area contributed by atoms with Crippen LogP contribution in [0.15, 0.2) is 60.9 Å². The lowest BCUT2D eigenvalue weighted by atomic mass is 10.0. The van der Waals surface area contributed by atoms with Crippen LogP contribution in [0.25, 0.3) is 16.6 Å². The van der Waals surface area contributed by atoms with E-state index < -0.39 is 24.4 Å². The van der Waals surface area contributed by atoms with Crippen molar-refractivity contribution in [1.29, 1.82) is 0 Å². The zero-order valence-corrected chi connectivity index (χ0v) is 15.8. The number of ether oxygens (including phenoxy) is 1. The predicted octanol–water partition coefficient (Wildman–Crippen LogP) is 3.21. The number of para-hydroxylation sites is 1. The van der Waals surface area contributed by atoms with Crippen LogP contribution in [0.2, 0.25) is 0 Å². The summed E-state index contributed by atoms with van der Waals surface area (Å²) < 4.78 is 36.1. The highest BCUT2D eigenvalue weighted by molar-refractivity contribution is 5.93. The average Bonchev–Trinajstić information content (AvgIpc) is 3.19. The summed E-state index contributed by atoms with van der Waals surface area (Å²) in [7, 11) is 0. The molecule has 0 spiro atoms. The second-order valence-electron chi connectivity index (χ2n) is 7.16. The minimum absolute atomic E-state index is 0.0852. The molecule has 30 heavy (non-hydrogen) atoms. The third-order valence-corrected chi connectivity index (χ3v) is 5.15. The van der Waals surface area contributed by atoms with Crippen LogP contribution < -0.4 is 4.74 Å². The number of fused-ring (bicyclic) bond motifs is 2. The van der Waals surface area contributed by atoms with Gasteiger partial charge in [-0.15, -0.1) is 0 Å². The van der Waals surface area contributed by atoms with E-state index in [1.165, 1.54) is 15.6 Å². The van der Waals surface area contributed by atoms with Crippen molar-refractivity contribution in [1.82, 2.24) is 24.5 Å². The Bertz CT molecular complexity index is 1210. The highest BCUT2D eigenvalue weighted by atomic mass is 19.3. The number of aromatic nitrogens is 4. The molecular weight excluding hydrogens is 392 g/mol. The van der Waals surface area contributed by atoms with E-state index in [0.29, 0.717) is 11.2 Å². The molecule has 0 saturated carbocycles. The van der Waals surface area contributed by atoms with Gasteiger partial charge in [0.15, 0.2) is 11.8 Å². The fraction of sp³-hybridized carbons (Fsp3) is 0.238. The van der Waals surface area contributed by atoms with Gasteiger partial charge >= 0.3 is 0 Å². The molecule has 5 rings (SSSR count). The molecule has 1 unspecified atom stereocenters. The van der Waals surface area contributed by atoms with E-state index in [1.807, 2.05) is 18.2 Å². The number of amides is 1. The van der Waals surface area contributed by atoms with Crippen LogP contribution >= 0.6 is 0 Å². The SMILES string of the molecule is O=C(c1cn2ncccc2n1)N1CCC(F)(F)C(Oc2ccc3ccccc3n2)C1. The molecule has 1 amide bonds. The summed E-state index contributed by atoms with van der Waals surface area (Å²) >= 11 is 0. The van der Waals surface area contributed by atoms with E-state index >= 15 is 0 Å². The number of carbonyl (C=O) groups excluding carboxylic acids is 1. The number of hydrogen-bond acceptors (Lipinski definition) is 5. The summed E-state index contributed by atoms with van der Waals surface area (Å²) in [4.78, 5) is 22.7. The van der Waals surface area contributed by atoms with Gasteiger partial charge in [0.1, 0.15) is 5.69 Å². The minimum Gasteiger partial charge on any atom is -0.466 e. The van der Waals surface area contributed by atoms with E-state index in [9.17, 15) is 13.6 Å². The highest BCUT2D eigenvalue weighted by Gasteiger charge is 2.47. The van der Waals surface area contributed by atoms with Crippen molar-refractivity contribution in [3.05, 3.63) is 66.6 Å². The maximum absolute atomic E-state index is 14.6. The average molecular weight is 409 g/mol. The molecule has 0 aliphatic carbocycles. The number of hydrogen-bond donors (Lipinski definition) is 0.